The third kappa shape index (κ3) is 4.49. The minimum atomic E-state index is -1.23. The standard InChI is InChI=1S/C18H15ClFNO3/c1-2-24-18(23)15(11-21-13-9-7-12(20)8-10-13)17(22)14-5-3-4-6-16(14)19/h3-11,15H,2H2,1H3. The zero-order valence-electron chi connectivity index (χ0n) is 12.9. The maximum Gasteiger partial charge on any atom is 0.322 e. The number of halogens is 2. The van der Waals surface area contributed by atoms with Gasteiger partial charge < -0.3 is 4.74 Å². The van der Waals surface area contributed by atoms with Crippen molar-refractivity contribution in [3.8, 4) is 0 Å². The van der Waals surface area contributed by atoms with Gasteiger partial charge in [-0.15, -0.1) is 0 Å². The smallest absolute Gasteiger partial charge is 0.322 e. The largest absolute Gasteiger partial charge is 0.465 e. The van der Waals surface area contributed by atoms with E-state index in [2.05, 4.69) is 4.99 Å². The first-order valence-corrected chi connectivity index (χ1v) is 7.66. The summed E-state index contributed by atoms with van der Waals surface area (Å²) >= 11 is 6.02. The summed E-state index contributed by atoms with van der Waals surface area (Å²) < 4.78 is 17.9. The van der Waals surface area contributed by atoms with Gasteiger partial charge in [-0.2, -0.15) is 0 Å². The lowest BCUT2D eigenvalue weighted by Crippen LogP contribution is -2.28. The predicted molar refractivity (Wildman–Crippen MR) is 90.5 cm³/mol. The van der Waals surface area contributed by atoms with Crippen LogP contribution in [-0.4, -0.2) is 24.6 Å². The first-order chi connectivity index (χ1) is 11.5. The number of benzene rings is 2. The quantitative estimate of drug-likeness (QED) is 0.340. The van der Waals surface area contributed by atoms with Gasteiger partial charge in [-0.25, -0.2) is 4.39 Å². The highest BCUT2D eigenvalue weighted by Gasteiger charge is 2.28. The molecule has 1 atom stereocenters. The second kappa shape index (κ2) is 8.36. The molecule has 0 amide bonds. The molecule has 0 aliphatic heterocycles. The molecular weight excluding hydrogens is 333 g/mol. The van der Waals surface area contributed by atoms with Crippen molar-refractivity contribution >= 4 is 35.3 Å². The lowest BCUT2D eigenvalue weighted by Gasteiger charge is -2.11. The number of ether oxygens (including phenoxy) is 1. The monoisotopic (exact) mass is 347 g/mol. The van der Waals surface area contributed by atoms with Gasteiger partial charge in [0, 0.05) is 11.8 Å². The number of hydrogen-bond acceptors (Lipinski definition) is 4. The van der Waals surface area contributed by atoms with Crippen LogP contribution in [0.3, 0.4) is 0 Å². The molecule has 0 aliphatic rings. The number of aliphatic imine (C=N–C) groups is 1. The average Bonchev–Trinajstić information content (AvgIpc) is 2.57. The molecule has 0 bridgehead atoms. The third-order valence-corrected chi connectivity index (χ3v) is 3.49. The number of rotatable bonds is 6. The molecule has 24 heavy (non-hydrogen) atoms. The zero-order valence-corrected chi connectivity index (χ0v) is 13.7. The van der Waals surface area contributed by atoms with E-state index in [1.807, 2.05) is 0 Å². The topological polar surface area (TPSA) is 55.7 Å². The van der Waals surface area contributed by atoms with Crippen LogP contribution in [0.4, 0.5) is 10.1 Å². The summed E-state index contributed by atoms with van der Waals surface area (Å²) in [5.74, 6) is -2.85. The summed E-state index contributed by atoms with van der Waals surface area (Å²) in [5.41, 5.74) is 0.625. The van der Waals surface area contributed by atoms with Gasteiger partial charge in [-0.1, -0.05) is 23.7 Å². The van der Waals surface area contributed by atoms with Gasteiger partial charge in [-0.05, 0) is 43.3 Å². The second-order valence-corrected chi connectivity index (χ2v) is 5.24. The van der Waals surface area contributed by atoms with Crippen molar-refractivity contribution in [2.45, 2.75) is 6.92 Å². The van der Waals surface area contributed by atoms with Crippen LogP contribution >= 0.6 is 11.6 Å². The van der Waals surface area contributed by atoms with Gasteiger partial charge in [0.15, 0.2) is 11.7 Å². The molecule has 0 radical (unpaired) electrons. The van der Waals surface area contributed by atoms with Gasteiger partial charge in [0.05, 0.1) is 17.3 Å². The molecule has 0 aromatic heterocycles. The van der Waals surface area contributed by atoms with Crippen LogP contribution in [0.5, 0.6) is 0 Å². The molecule has 0 saturated heterocycles. The normalized spacial score (nSPS) is 12.1. The van der Waals surface area contributed by atoms with Crippen LogP contribution in [0.2, 0.25) is 5.02 Å². The zero-order chi connectivity index (χ0) is 17.5. The fraction of sp³-hybridized carbons (Fsp3) is 0.167. The number of ketones is 1. The van der Waals surface area contributed by atoms with E-state index < -0.39 is 23.5 Å². The molecule has 2 aromatic rings. The van der Waals surface area contributed by atoms with E-state index in [-0.39, 0.29) is 17.2 Å². The van der Waals surface area contributed by atoms with Gasteiger partial charge in [-0.3, -0.25) is 14.6 Å². The van der Waals surface area contributed by atoms with E-state index in [0.29, 0.717) is 5.69 Å². The predicted octanol–water partition coefficient (Wildman–Crippen LogP) is 4.24. The molecule has 0 N–H and O–H groups in total. The second-order valence-electron chi connectivity index (χ2n) is 4.83. The summed E-state index contributed by atoms with van der Waals surface area (Å²) in [6, 6.07) is 11.8. The van der Waals surface area contributed by atoms with Crippen molar-refractivity contribution in [2.75, 3.05) is 6.61 Å². The Kier molecular flexibility index (Phi) is 6.21. The Labute approximate surface area is 143 Å². The molecule has 1 unspecified atom stereocenters. The molecule has 0 spiro atoms. The molecule has 0 fully saturated rings. The van der Waals surface area contributed by atoms with Crippen molar-refractivity contribution in [3.63, 3.8) is 0 Å². The summed E-state index contributed by atoms with van der Waals surface area (Å²) in [6.07, 6.45) is 1.19. The van der Waals surface area contributed by atoms with Crippen LogP contribution in [0.25, 0.3) is 0 Å². The molecule has 2 rings (SSSR count). The highest BCUT2D eigenvalue weighted by atomic mass is 35.5. The maximum absolute atomic E-state index is 12.9. The lowest BCUT2D eigenvalue weighted by molar-refractivity contribution is -0.143. The van der Waals surface area contributed by atoms with Gasteiger partial charge >= 0.3 is 5.97 Å². The van der Waals surface area contributed by atoms with Gasteiger partial charge in [0.2, 0.25) is 0 Å². The van der Waals surface area contributed by atoms with Crippen molar-refractivity contribution in [1.82, 2.24) is 0 Å². The van der Waals surface area contributed by atoms with E-state index in [9.17, 15) is 14.0 Å². The van der Waals surface area contributed by atoms with Crippen LogP contribution in [0, 0.1) is 11.7 Å². The van der Waals surface area contributed by atoms with Gasteiger partial charge in [0.25, 0.3) is 0 Å². The van der Waals surface area contributed by atoms with Crippen LogP contribution < -0.4 is 0 Å². The Balaban J connectivity index is 2.31. The van der Waals surface area contributed by atoms with Crippen molar-refractivity contribution in [1.29, 1.82) is 0 Å². The fourth-order valence-electron chi connectivity index (χ4n) is 1.98. The van der Waals surface area contributed by atoms with Crippen LogP contribution in [-0.2, 0) is 9.53 Å². The highest BCUT2D eigenvalue weighted by Crippen LogP contribution is 2.20. The number of nitrogens with zero attached hydrogens (tertiary/aromatic N) is 1. The third-order valence-electron chi connectivity index (χ3n) is 3.16. The Hall–Kier alpha value is -2.53. The van der Waals surface area contributed by atoms with Gasteiger partial charge in [0.1, 0.15) is 5.82 Å². The number of carbonyl (C=O) groups is 2. The summed E-state index contributed by atoms with van der Waals surface area (Å²) in [4.78, 5) is 28.8. The maximum atomic E-state index is 12.9. The number of hydrogen-bond donors (Lipinski definition) is 0. The fourth-order valence-corrected chi connectivity index (χ4v) is 2.21. The Morgan fingerprint density at radius 1 is 1.21 bits per heavy atom. The van der Waals surface area contributed by atoms with Crippen molar-refractivity contribution in [3.05, 3.63) is 64.9 Å². The number of Topliss-reactive ketones (excluding diaryl/α,β-unsaturated/α-hetero) is 1. The molecular formula is C18H15ClFNO3. The van der Waals surface area contributed by atoms with E-state index in [4.69, 9.17) is 16.3 Å². The Bertz CT molecular complexity index is 759. The summed E-state index contributed by atoms with van der Waals surface area (Å²) in [6.45, 7) is 1.78. The van der Waals surface area contributed by atoms with Crippen molar-refractivity contribution < 1.29 is 18.7 Å². The molecule has 0 saturated carbocycles. The van der Waals surface area contributed by atoms with Crippen LogP contribution in [0.1, 0.15) is 17.3 Å². The summed E-state index contributed by atoms with van der Waals surface area (Å²) in [5, 5.41) is 0.243. The molecule has 2 aromatic carbocycles. The Morgan fingerprint density at radius 2 is 1.88 bits per heavy atom. The SMILES string of the molecule is CCOC(=O)C(C=Nc1ccc(F)cc1)C(=O)c1ccccc1Cl. The van der Waals surface area contributed by atoms with E-state index >= 15 is 0 Å². The number of esters is 1. The molecule has 6 heteroatoms. The minimum Gasteiger partial charge on any atom is -0.465 e. The van der Waals surface area contributed by atoms with E-state index in [0.717, 1.165) is 0 Å². The first kappa shape index (κ1) is 17.8. The van der Waals surface area contributed by atoms with Crippen LogP contribution in [0.15, 0.2) is 53.5 Å². The summed E-state index contributed by atoms with van der Waals surface area (Å²) in [7, 11) is 0. The number of carbonyl (C=O) groups excluding carboxylic acids is 2. The van der Waals surface area contributed by atoms with E-state index in [1.54, 1.807) is 25.1 Å². The molecule has 0 aliphatic carbocycles. The molecule has 124 valence electrons. The first-order valence-electron chi connectivity index (χ1n) is 7.28. The molecule has 4 nitrogen and oxygen atoms in total. The Morgan fingerprint density at radius 3 is 2.50 bits per heavy atom. The molecule has 0 heterocycles. The van der Waals surface area contributed by atoms with E-state index in [1.165, 1.54) is 36.5 Å². The average molecular weight is 348 g/mol. The minimum absolute atomic E-state index is 0.134. The lowest BCUT2D eigenvalue weighted by atomic mass is 9.98. The van der Waals surface area contributed by atoms with Crippen molar-refractivity contribution in [2.24, 2.45) is 10.9 Å². The highest BCUT2D eigenvalue weighted by molar-refractivity contribution is 6.35.